The molecule has 0 atom stereocenters. The van der Waals surface area contributed by atoms with Crippen LogP contribution in [0.25, 0.3) is 21.7 Å². The summed E-state index contributed by atoms with van der Waals surface area (Å²) in [6, 6.07) is 9.93. The van der Waals surface area contributed by atoms with Crippen molar-refractivity contribution < 1.29 is 9.21 Å². The molecule has 1 aromatic carbocycles. The topological polar surface area (TPSA) is 85.3 Å². The molecule has 7 nitrogen and oxygen atoms in total. The molecule has 3 heterocycles. The van der Waals surface area contributed by atoms with Gasteiger partial charge in [0.25, 0.3) is 0 Å². The first-order valence-electron chi connectivity index (χ1n) is 7.93. The van der Waals surface area contributed by atoms with Crippen LogP contribution in [0.5, 0.6) is 0 Å². The van der Waals surface area contributed by atoms with Gasteiger partial charge in [0.15, 0.2) is 0 Å². The number of hydrogen-bond acceptors (Lipinski definition) is 7. The maximum Gasteiger partial charge on any atom is 0.248 e. The molecule has 26 heavy (non-hydrogen) atoms. The molecule has 0 radical (unpaired) electrons. The van der Waals surface area contributed by atoms with E-state index in [1.165, 1.54) is 11.3 Å². The summed E-state index contributed by atoms with van der Waals surface area (Å²) in [5.74, 6) is 0.718. The minimum atomic E-state index is -0.197. The van der Waals surface area contributed by atoms with Crippen molar-refractivity contribution in [3.63, 3.8) is 0 Å². The van der Waals surface area contributed by atoms with Gasteiger partial charge < -0.3 is 8.98 Å². The van der Waals surface area contributed by atoms with Gasteiger partial charge in [-0.1, -0.05) is 23.5 Å². The Morgan fingerprint density at radius 2 is 2.19 bits per heavy atom. The van der Waals surface area contributed by atoms with Crippen LogP contribution in [0.3, 0.4) is 0 Å². The Balaban J connectivity index is 1.39. The summed E-state index contributed by atoms with van der Waals surface area (Å²) in [4.78, 5) is 12.8. The second-order valence-electron chi connectivity index (χ2n) is 5.57. The van der Waals surface area contributed by atoms with Crippen LogP contribution in [0.2, 0.25) is 0 Å². The molecular formula is C17H15N5O2S2. The molecule has 0 fully saturated rings. The van der Waals surface area contributed by atoms with Crippen LogP contribution in [0.1, 0.15) is 12.3 Å². The van der Waals surface area contributed by atoms with Gasteiger partial charge >= 0.3 is 0 Å². The number of hydrogen-bond donors (Lipinski definition) is 1. The lowest BCUT2D eigenvalue weighted by Gasteiger charge is -1.97. The minimum absolute atomic E-state index is 0.197. The molecule has 1 amide bonds. The van der Waals surface area contributed by atoms with Crippen LogP contribution in [0.15, 0.2) is 50.6 Å². The number of rotatable bonds is 5. The van der Waals surface area contributed by atoms with E-state index in [0.717, 1.165) is 20.6 Å². The van der Waals surface area contributed by atoms with E-state index >= 15 is 0 Å². The molecular weight excluding hydrogens is 370 g/mol. The average molecular weight is 385 g/mol. The number of nitrogens with one attached hydrogen (secondary N) is 1. The summed E-state index contributed by atoms with van der Waals surface area (Å²) in [6.07, 6.45) is 0.598. The van der Waals surface area contributed by atoms with Gasteiger partial charge in [0.1, 0.15) is 0 Å². The average Bonchev–Trinajstić information content (AvgIpc) is 3.39. The molecule has 0 saturated heterocycles. The van der Waals surface area contributed by atoms with Gasteiger partial charge in [0, 0.05) is 30.8 Å². The number of fused-ring (bicyclic) bond motifs is 1. The number of nitrogens with zero attached hydrogens (tertiary/aromatic N) is 4. The molecule has 1 N–H and O–H groups in total. The van der Waals surface area contributed by atoms with Crippen LogP contribution < -0.4 is 10.2 Å². The fourth-order valence-electron chi connectivity index (χ4n) is 2.43. The van der Waals surface area contributed by atoms with Crippen molar-refractivity contribution in [2.75, 3.05) is 0 Å². The minimum Gasteiger partial charge on any atom is -0.421 e. The largest absolute Gasteiger partial charge is 0.421 e. The molecule has 0 unspecified atom stereocenters. The zero-order valence-corrected chi connectivity index (χ0v) is 15.5. The van der Waals surface area contributed by atoms with Crippen molar-refractivity contribution in [2.24, 2.45) is 12.1 Å². The fraction of sp³-hybridized carbons (Fsp3) is 0.176. The number of thiophene rings is 1. The number of carbonyl (C=O) groups excluding carboxylic acids is 1. The van der Waals surface area contributed by atoms with Gasteiger partial charge in [-0.25, -0.2) is 5.43 Å². The number of amides is 1. The van der Waals surface area contributed by atoms with Crippen molar-refractivity contribution in [2.45, 2.75) is 12.8 Å². The lowest BCUT2D eigenvalue weighted by Crippen LogP contribution is -2.23. The predicted molar refractivity (Wildman–Crippen MR) is 100 cm³/mol. The molecule has 0 aliphatic heterocycles. The van der Waals surface area contributed by atoms with E-state index in [4.69, 9.17) is 4.42 Å². The number of para-hydroxylation sites is 1. The zero-order valence-electron chi connectivity index (χ0n) is 13.9. The van der Waals surface area contributed by atoms with Gasteiger partial charge in [-0.2, -0.15) is 11.3 Å². The Labute approximate surface area is 156 Å². The van der Waals surface area contributed by atoms with Gasteiger partial charge in [-0.15, -0.1) is 15.3 Å². The number of aryl methyl sites for hydroxylation is 2. The van der Waals surface area contributed by atoms with Crippen LogP contribution in [0, 0.1) is 0 Å². The monoisotopic (exact) mass is 385 g/mol. The van der Waals surface area contributed by atoms with Crippen LogP contribution in [-0.2, 0) is 18.3 Å². The highest BCUT2D eigenvalue weighted by molar-refractivity contribution is 7.16. The Morgan fingerprint density at radius 3 is 3.00 bits per heavy atom. The Morgan fingerprint density at radius 1 is 1.31 bits per heavy atom. The van der Waals surface area contributed by atoms with Crippen LogP contribution in [0.4, 0.5) is 0 Å². The highest BCUT2D eigenvalue weighted by atomic mass is 32.1. The third-order valence-corrected chi connectivity index (χ3v) is 5.59. The molecule has 0 bridgehead atoms. The molecule has 4 rings (SSSR count). The number of carbonyl (C=O) groups is 1. The number of benzene rings is 1. The quantitative estimate of drug-likeness (QED) is 0.535. The lowest BCUT2D eigenvalue weighted by molar-refractivity contribution is -0.121. The lowest BCUT2D eigenvalue weighted by atomic mass is 10.3. The predicted octanol–water partition coefficient (Wildman–Crippen LogP) is 2.92. The summed E-state index contributed by atoms with van der Waals surface area (Å²) in [5, 5.41) is 16.1. The third kappa shape index (κ3) is 3.44. The SMILES string of the molecule is Cn1/c(=N/NC(=O)CCc2nnc(-c3ccsc3)o2)sc2ccccc21. The van der Waals surface area contributed by atoms with Crippen molar-refractivity contribution in [1.82, 2.24) is 20.2 Å². The second kappa shape index (κ2) is 7.22. The van der Waals surface area contributed by atoms with E-state index < -0.39 is 0 Å². The summed E-state index contributed by atoms with van der Waals surface area (Å²) in [5.41, 5.74) is 4.57. The molecule has 0 aliphatic rings. The standard InChI is InChI=1S/C17H15N5O2S2/c1-22-12-4-2-3-5-13(12)26-17(22)21-18-14(23)6-7-15-19-20-16(24-15)11-8-9-25-10-11/h2-5,8-10H,6-7H2,1H3,(H,18,23)/b21-17-. The maximum absolute atomic E-state index is 12.1. The van der Waals surface area contributed by atoms with Crippen LogP contribution >= 0.6 is 22.7 Å². The van der Waals surface area contributed by atoms with Crippen LogP contribution in [-0.4, -0.2) is 20.7 Å². The van der Waals surface area contributed by atoms with E-state index in [1.54, 1.807) is 11.3 Å². The first-order chi connectivity index (χ1) is 12.7. The summed E-state index contributed by atoms with van der Waals surface area (Å²) >= 11 is 3.09. The van der Waals surface area contributed by atoms with E-state index in [1.807, 2.05) is 52.7 Å². The Hall–Kier alpha value is -2.78. The number of aromatic nitrogens is 3. The summed E-state index contributed by atoms with van der Waals surface area (Å²) in [6.45, 7) is 0. The highest BCUT2D eigenvalue weighted by Crippen LogP contribution is 2.20. The molecule has 0 saturated carbocycles. The third-order valence-electron chi connectivity index (χ3n) is 3.79. The van der Waals surface area contributed by atoms with E-state index in [-0.39, 0.29) is 12.3 Å². The normalized spacial score (nSPS) is 12.0. The molecule has 3 aromatic heterocycles. The van der Waals surface area contributed by atoms with E-state index in [0.29, 0.717) is 18.2 Å². The van der Waals surface area contributed by atoms with Crippen molar-refractivity contribution in [1.29, 1.82) is 0 Å². The van der Waals surface area contributed by atoms with E-state index in [9.17, 15) is 4.79 Å². The molecule has 9 heteroatoms. The van der Waals surface area contributed by atoms with Gasteiger partial charge in [0.2, 0.25) is 22.5 Å². The molecule has 0 spiro atoms. The van der Waals surface area contributed by atoms with Gasteiger partial charge in [-0.05, 0) is 23.6 Å². The van der Waals surface area contributed by atoms with Gasteiger partial charge in [-0.3, -0.25) is 4.79 Å². The second-order valence-corrected chi connectivity index (χ2v) is 7.36. The smallest absolute Gasteiger partial charge is 0.248 e. The summed E-state index contributed by atoms with van der Waals surface area (Å²) in [7, 11) is 1.92. The zero-order chi connectivity index (χ0) is 17.9. The maximum atomic E-state index is 12.1. The Kier molecular flexibility index (Phi) is 4.63. The first kappa shape index (κ1) is 16.7. The molecule has 4 aromatic rings. The van der Waals surface area contributed by atoms with Crippen molar-refractivity contribution in [3.05, 3.63) is 51.8 Å². The molecule has 132 valence electrons. The summed E-state index contributed by atoms with van der Waals surface area (Å²) < 4.78 is 8.64. The molecule has 0 aliphatic carbocycles. The first-order valence-corrected chi connectivity index (χ1v) is 9.69. The Bertz CT molecular complexity index is 1110. The number of thiazole rings is 1. The van der Waals surface area contributed by atoms with Gasteiger partial charge in [0.05, 0.1) is 10.2 Å². The highest BCUT2D eigenvalue weighted by Gasteiger charge is 2.10. The van der Waals surface area contributed by atoms with E-state index in [2.05, 4.69) is 20.7 Å². The van der Waals surface area contributed by atoms with Crippen molar-refractivity contribution in [3.8, 4) is 11.5 Å². The van der Waals surface area contributed by atoms with Crippen molar-refractivity contribution >= 4 is 38.8 Å². The fourth-order valence-corrected chi connectivity index (χ4v) is 4.04.